The fourth-order valence-corrected chi connectivity index (χ4v) is 1.93. The summed E-state index contributed by atoms with van der Waals surface area (Å²) in [5.74, 6) is 1.16. The van der Waals surface area contributed by atoms with E-state index in [4.69, 9.17) is 11.6 Å². The minimum absolute atomic E-state index is 0.135. The van der Waals surface area contributed by atoms with Gasteiger partial charge in [0.1, 0.15) is 0 Å². The van der Waals surface area contributed by atoms with Gasteiger partial charge in [-0.25, -0.2) is 9.97 Å². The summed E-state index contributed by atoms with van der Waals surface area (Å²) in [7, 11) is 0. The van der Waals surface area contributed by atoms with Crippen LogP contribution in [0.5, 0.6) is 0 Å². The Balaban J connectivity index is 2.01. The Bertz CT molecular complexity index is 487. The molecule has 0 fully saturated rings. The van der Waals surface area contributed by atoms with Gasteiger partial charge in [0, 0.05) is 23.8 Å². The number of rotatable bonds is 5. The van der Waals surface area contributed by atoms with Crippen molar-refractivity contribution in [2.75, 3.05) is 11.2 Å². The number of anilines is 1. The zero-order valence-corrected chi connectivity index (χ0v) is 11.1. The van der Waals surface area contributed by atoms with Crippen molar-refractivity contribution in [3.8, 4) is 0 Å². The lowest BCUT2D eigenvalue weighted by molar-refractivity contribution is 0.782. The Kier molecular flexibility index (Phi) is 4.53. The van der Waals surface area contributed by atoms with Gasteiger partial charge < -0.3 is 5.32 Å². The molecule has 0 spiro atoms. The van der Waals surface area contributed by atoms with E-state index in [1.165, 1.54) is 5.56 Å². The maximum absolute atomic E-state index is 5.99. The molecule has 0 radical (unpaired) electrons. The van der Waals surface area contributed by atoms with E-state index >= 15 is 0 Å². The van der Waals surface area contributed by atoms with E-state index in [2.05, 4.69) is 27.4 Å². The van der Waals surface area contributed by atoms with Crippen LogP contribution in [0.3, 0.4) is 0 Å². The highest BCUT2D eigenvalue weighted by Gasteiger charge is 2.09. The predicted octanol–water partition coefficient (Wildman–Crippen LogP) is 3.05. The number of hydrogen-bond donors (Lipinski definition) is 1. The summed E-state index contributed by atoms with van der Waals surface area (Å²) in [6.45, 7) is 1.94. The number of aromatic nitrogens is 2. The second-order valence-corrected chi connectivity index (χ2v) is 4.52. The standard InChI is InChI=1S/C14H16ClN3/c1-11-7-8-16-14(17-11)18-13(10-15)9-12-5-3-2-4-6-12/h2-8,13H,9-10H2,1H3,(H,16,17,18). The Hall–Kier alpha value is -1.61. The third-order valence-corrected chi connectivity index (χ3v) is 3.01. The fourth-order valence-electron chi connectivity index (χ4n) is 1.74. The van der Waals surface area contributed by atoms with Gasteiger partial charge in [-0.15, -0.1) is 11.6 Å². The molecule has 0 aliphatic rings. The lowest BCUT2D eigenvalue weighted by Gasteiger charge is -2.16. The van der Waals surface area contributed by atoms with Gasteiger partial charge >= 0.3 is 0 Å². The van der Waals surface area contributed by atoms with Gasteiger partial charge in [0.05, 0.1) is 0 Å². The van der Waals surface area contributed by atoms with E-state index in [-0.39, 0.29) is 6.04 Å². The molecule has 4 heteroatoms. The first-order chi connectivity index (χ1) is 8.78. The normalized spacial score (nSPS) is 12.1. The smallest absolute Gasteiger partial charge is 0.223 e. The SMILES string of the molecule is Cc1ccnc(NC(CCl)Cc2ccccc2)n1. The van der Waals surface area contributed by atoms with E-state index in [1.807, 2.05) is 31.2 Å². The lowest BCUT2D eigenvalue weighted by atomic mass is 10.1. The molecular weight excluding hydrogens is 246 g/mol. The van der Waals surface area contributed by atoms with Crippen molar-refractivity contribution >= 4 is 17.5 Å². The topological polar surface area (TPSA) is 37.8 Å². The predicted molar refractivity (Wildman–Crippen MR) is 75.0 cm³/mol. The quantitative estimate of drug-likeness (QED) is 0.841. The maximum atomic E-state index is 5.99. The van der Waals surface area contributed by atoms with Crippen molar-refractivity contribution in [2.45, 2.75) is 19.4 Å². The molecule has 1 aromatic carbocycles. The highest BCUT2D eigenvalue weighted by molar-refractivity contribution is 6.18. The highest BCUT2D eigenvalue weighted by atomic mass is 35.5. The summed E-state index contributed by atoms with van der Waals surface area (Å²) in [6.07, 6.45) is 2.61. The van der Waals surface area contributed by atoms with Crippen LogP contribution in [0.1, 0.15) is 11.3 Å². The Morgan fingerprint density at radius 1 is 1.22 bits per heavy atom. The van der Waals surface area contributed by atoms with E-state index in [0.29, 0.717) is 11.8 Å². The van der Waals surface area contributed by atoms with Gasteiger partial charge in [0.2, 0.25) is 5.95 Å². The van der Waals surface area contributed by atoms with Gasteiger partial charge in [0.15, 0.2) is 0 Å². The summed E-state index contributed by atoms with van der Waals surface area (Å²) in [5, 5.41) is 3.26. The average Bonchev–Trinajstić information content (AvgIpc) is 2.39. The number of aryl methyl sites for hydroxylation is 1. The number of benzene rings is 1. The van der Waals surface area contributed by atoms with Crippen molar-refractivity contribution in [2.24, 2.45) is 0 Å². The van der Waals surface area contributed by atoms with E-state index in [1.54, 1.807) is 6.20 Å². The van der Waals surface area contributed by atoms with Crippen molar-refractivity contribution in [3.63, 3.8) is 0 Å². The lowest BCUT2D eigenvalue weighted by Crippen LogP contribution is -2.25. The van der Waals surface area contributed by atoms with Crippen molar-refractivity contribution in [1.29, 1.82) is 0 Å². The van der Waals surface area contributed by atoms with Gasteiger partial charge in [-0.2, -0.15) is 0 Å². The summed E-state index contributed by atoms with van der Waals surface area (Å²) in [5.41, 5.74) is 2.20. The van der Waals surface area contributed by atoms with E-state index in [0.717, 1.165) is 12.1 Å². The number of nitrogens with zero attached hydrogens (tertiary/aromatic N) is 2. The molecule has 2 aromatic rings. The Labute approximate surface area is 112 Å². The maximum Gasteiger partial charge on any atom is 0.223 e. The minimum atomic E-state index is 0.135. The van der Waals surface area contributed by atoms with Crippen LogP contribution in [0, 0.1) is 6.92 Å². The minimum Gasteiger partial charge on any atom is -0.350 e. The van der Waals surface area contributed by atoms with Crippen LogP contribution < -0.4 is 5.32 Å². The second kappa shape index (κ2) is 6.36. The molecule has 1 heterocycles. The van der Waals surface area contributed by atoms with Crippen molar-refractivity contribution in [1.82, 2.24) is 9.97 Å². The molecule has 3 nitrogen and oxygen atoms in total. The van der Waals surface area contributed by atoms with Crippen LogP contribution in [0.2, 0.25) is 0 Å². The molecule has 0 bridgehead atoms. The number of alkyl halides is 1. The molecular formula is C14H16ClN3. The van der Waals surface area contributed by atoms with Crippen LogP contribution in [0.25, 0.3) is 0 Å². The molecule has 0 saturated heterocycles. The Morgan fingerprint density at radius 2 is 2.00 bits per heavy atom. The molecule has 2 rings (SSSR count). The van der Waals surface area contributed by atoms with Crippen LogP contribution in [0.15, 0.2) is 42.6 Å². The summed E-state index contributed by atoms with van der Waals surface area (Å²) in [6, 6.07) is 12.3. The molecule has 0 amide bonds. The third-order valence-electron chi connectivity index (χ3n) is 2.64. The second-order valence-electron chi connectivity index (χ2n) is 4.21. The molecule has 1 N–H and O–H groups in total. The van der Waals surface area contributed by atoms with Crippen LogP contribution in [-0.4, -0.2) is 21.9 Å². The first-order valence-electron chi connectivity index (χ1n) is 5.94. The number of halogens is 1. The van der Waals surface area contributed by atoms with Crippen LogP contribution >= 0.6 is 11.6 Å². The third kappa shape index (κ3) is 3.70. The number of hydrogen-bond acceptors (Lipinski definition) is 3. The van der Waals surface area contributed by atoms with E-state index in [9.17, 15) is 0 Å². The first-order valence-corrected chi connectivity index (χ1v) is 6.47. The van der Waals surface area contributed by atoms with Crippen LogP contribution in [-0.2, 0) is 6.42 Å². The zero-order chi connectivity index (χ0) is 12.8. The highest BCUT2D eigenvalue weighted by Crippen LogP contribution is 2.09. The number of nitrogens with one attached hydrogen (secondary N) is 1. The molecule has 18 heavy (non-hydrogen) atoms. The van der Waals surface area contributed by atoms with Gasteiger partial charge in [-0.3, -0.25) is 0 Å². The molecule has 1 aromatic heterocycles. The average molecular weight is 262 g/mol. The fraction of sp³-hybridized carbons (Fsp3) is 0.286. The largest absolute Gasteiger partial charge is 0.350 e. The Morgan fingerprint density at radius 3 is 2.67 bits per heavy atom. The zero-order valence-electron chi connectivity index (χ0n) is 10.3. The molecule has 94 valence electrons. The van der Waals surface area contributed by atoms with Gasteiger partial charge in [-0.05, 0) is 25.0 Å². The molecule has 0 saturated carbocycles. The molecule has 0 aliphatic carbocycles. The van der Waals surface area contributed by atoms with Gasteiger partial charge in [-0.1, -0.05) is 30.3 Å². The first kappa shape index (κ1) is 12.8. The monoisotopic (exact) mass is 261 g/mol. The van der Waals surface area contributed by atoms with Crippen LogP contribution in [0.4, 0.5) is 5.95 Å². The molecule has 0 aliphatic heterocycles. The summed E-state index contributed by atoms with van der Waals surface area (Å²) < 4.78 is 0. The van der Waals surface area contributed by atoms with Gasteiger partial charge in [0.25, 0.3) is 0 Å². The van der Waals surface area contributed by atoms with E-state index < -0.39 is 0 Å². The molecule has 1 unspecified atom stereocenters. The van der Waals surface area contributed by atoms with Crippen molar-refractivity contribution < 1.29 is 0 Å². The van der Waals surface area contributed by atoms with Crippen molar-refractivity contribution in [3.05, 3.63) is 53.9 Å². The molecule has 1 atom stereocenters. The summed E-state index contributed by atoms with van der Waals surface area (Å²) in [4.78, 5) is 8.51. The summed E-state index contributed by atoms with van der Waals surface area (Å²) >= 11 is 5.99.